The number of phenolic OH excluding ortho intramolecular Hbond substituents is 1. The number of aromatic hydroxyl groups is 1. The van der Waals surface area contributed by atoms with Gasteiger partial charge >= 0.3 is 5.97 Å². The Kier molecular flexibility index (Phi) is 11.1. The van der Waals surface area contributed by atoms with E-state index in [1.165, 1.54) is 12.1 Å². The first-order chi connectivity index (χ1) is 19.9. The fourth-order valence-electron chi connectivity index (χ4n) is 4.63. The van der Waals surface area contributed by atoms with Gasteiger partial charge in [-0.05, 0) is 41.2 Å². The normalized spacial score (nSPS) is 14.9. The number of hydrogen-bond donors (Lipinski definition) is 7. The van der Waals surface area contributed by atoms with Gasteiger partial charge in [0.25, 0.3) is 0 Å². The molecular formula is C31H41N5O6. The van der Waals surface area contributed by atoms with Crippen molar-refractivity contribution in [3.63, 3.8) is 0 Å². The molecular weight excluding hydrogens is 538 g/mol. The van der Waals surface area contributed by atoms with Crippen LogP contribution in [0.5, 0.6) is 5.75 Å². The highest BCUT2D eigenvalue weighted by Gasteiger charge is 2.32. The molecule has 0 radical (unpaired) electrons. The number of phenols is 1. The quantitative estimate of drug-likeness (QED) is 0.152. The molecule has 3 amide bonds. The number of amides is 3. The highest BCUT2D eigenvalue weighted by molar-refractivity contribution is 5.95. The molecule has 1 heterocycles. The SMILES string of the molecule is CCC(C)C(N)C(=O)NC(Cc1c[nH]c2ccccc12)C(=O)NC(Cc1ccc(O)cc1)C(=O)NC(C(=O)O)C(C)C. The van der Waals surface area contributed by atoms with Crippen molar-refractivity contribution in [3.8, 4) is 5.75 Å². The van der Waals surface area contributed by atoms with Gasteiger partial charge in [0.2, 0.25) is 17.7 Å². The Morgan fingerprint density at radius 3 is 2.07 bits per heavy atom. The van der Waals surface area contributed by atoms with Crippen molar-refractivity contribution in [2.24, 2.45) is 17.6 Å². The minimum Gasteiger partial charge on any atom is -0.508 e. The predicted molar refractivity (Wildman–Crippen MR) is 160 cm³/mol. The van der Waals surface area contributed by atoms with Gasteiger partial charge in [-0.2, -0.15) is 0 Å². The van der Waals surface area contributed by atoms with Crippen LogP contribution in [0.3, 0.4) is 0 Å². The lowest BCUT2D eigenvalue weighted by molar-refractivity contribution is -0.143. The van der Waals surface area contributed by atoms with E-state index in [0.29, 0.717) is 12.0 Å². The van der Waals surface area contributed by atoms with Crippen LogP contribution in [0.1, 0.15) is 45.2 Å². The van der Waals surface area contributed by atoms with Gasteiger partial charge in [-0.3, -0.25) is 14.4 Å². The lowest BCUT2D eigenvalue weighted by atomic mass is 9.97. The average molecular weight is 580 g/mol. The summed E-state index contributed by atoms with van der Waals surface area (Å²) in [7, 11) is 0. The molecule has 0 bridgehead atoms. The zero-order valence-corrected chi connectivity index (χ0v) is 24.4. The van der Waals surface area contributed by atoms with Gasteiger partial charge in [0.15, 0.2) is 0 Å². The molecule has 0 fully saturated rings. The van der Waals surface area contributed by atoms with Gasteiger partial charge in [0.05, 0.1) is 6.04 Å². The van der Waals surface area contributed by atoms with Crippen molar-refractivity contribution in [3.05, 3.63) is 65.9 Å². The van der Waals surface area contributed by atoms with E-state index < -0.39 is 53.8 Å². The molecule has 42 heavy (non-hydrogen) atoms. The summed E-state index contributed by atoms with van der Waals surface area (Å²) in [6, 6.07) is 9.41. The van der Waals surface area contributed by atoms with Gasteiger partial charge in [-0.15, -0.1) is 0 Å². The number of rotatable bonds is 14. The number of nitrogens with two attached hydrogens (primary N) is 1. The van der Waals surface area contributed by atoms with E-state index in [1.807, 2.05) is 38.1 Å². The number of carbonyl (C=O) groups is 4. The van der Waals surface area contributed by atoms with Gasteiger partial charge in [0, 0.05) is 29.9 Å². The lowest BCUT2D eigenvalue weighted by Crippen LogP contribution is -2.59. The van der Waals surface area contributed by atoms with E-state index in [2.05, 4.69) is 20.9 Å². The number of nitrogens with one attached hydrogen (secondary N) is 4. The Morgan fingerprint density at radius 1 is 0.857 bits per heavy atom. The zero-order chi connectivity index (χ0) is 31.0. The Balaban J connectivity index is 1.92. The van der Waals surface area contributed by atoms with E-state index in [9.17, 15) is 29.4 Å². The van der Waals surface area contributed by atoms with Crippen LogP contribution in [0, 0.1) is 11.8 Å². The molecule has 11 nitrogen and oxygen atoms in total. The molecule has 0 aliphatic heterocycles. The number of para-hydroxylation sites is 1. The number of aromatic nitrogens is 1. The van der Waals surface area contributed by atoms with E-state index in [4.69, 9.17) is 5.73 Å². The third kappa shape index (κ3) is 8.32. The third-order valence-electron chi connectivity index (χ3n) is 7.53. The summed E-state index contributed by atoms with van der Waals surface area (Å²) in [5.74, 6) is -3.50. The van der Waals surface area contributed by atoms with Crippen molar-refractivity contribution in [1.29, 1.82) is 0 Å². The average Bonchev–Trinajstić information content (AvgIpc) is 3.37. The number of aliphatic carboxylic acids is 1. The monoisotopic (exact) mass is 579 g/mol. The van der Waals surface area contributed by atoms with E-state index in [0.717, 1.165) is 16.5 Å². The Morgan fingerprint density at radius 2 is 1.45 bits per heavy atom. The van der Waals surface area contributed by atoms with Crippen molar-refractivity contribution in [2.45, 2.75) is 71.1 Å². The van der Waals surface area contributed by atoms with Crippen molar-refractivity contribution >= 4 is 34.6 Å². The Bertz CT molecular complexity index is 1390. The summed E-state index contributed by atoms with van der Waals surface area (Å²) in [6.45, 7) is 7.10. The predicted octanol–water partition coefficient (Wildman–Crippen LogP) is 2.23. The van der Waals surface area contributed by atoms with Crippen LogP contribution in [0.2, 0.25) is 0 Å². The fourth-order valence-corrected chi connectivity index (χ4v) is 4.63. The number of carboxylic acids is 1. The number of H-pyrrole nitrogens is 1. The first kappa shape index (κ1) is 32.1. The summed E-state index contributed by atoms with van der Waals surface area (Å²) in [4.78, 5) is 55.2. The van der Waals surface area contributed by atoms with Gasteiger partial charge in [0.1, 0.15) is 23.9 Å². The number of carboxylic acid groups (broad SMARTS) is 1. The molecule has 5 unspecified atom stereocenters. The zero-order valence-electron chi connectivity index (χ0n) is 24.4. The molecule has 2 aromatic carbocycles. The minimum absolute atomic E-state index is 0.0163. The fraction of sp³-hybridized carbons (Fsp3) is 0.419. The van der Waals surface area contributed by atoms with Crippen LogP contribution in [0.25, 0.3) is 10.9 Å². The molecule has 0 spiro atoms. The van der Waals surface area contributed by atoms with Crippen LogP contribution in [0.4, 0.5) is 0 Å². The molecule has 8 N–H and O–H groups in total. The molecule has 226 valence electrons. The second kappa shape index (κ2) is 14.5. The maximum Gasteiger partial charge on any atom is 0.326 e. The highest BCUT2D eigenvalue weighted by atomic mass is 16.4. The smallest absolute Gasteiger partial charge is 0.326 e. The molecule has 0 aliphatic carbocycles. The van der Waals surface area contributed by atoms with Crippen LogP contribution in [-0.2, 0) is 32.0 Å². The maximum atomic E-state index is 13.8. The summed E-state index contributed by atoms with van der Waals surface area (Å²) in [5.41, 5.74) is 8.45. The van der Waals surface area contributed by atoms with E-state index in [1.54, 1.807) is 32.2 Å². The molecule has 1 aromatic heterocycles. The van der Waals surface area contributed by atoms with Gasteiger partial charge in [-0.25, -0.2) is 4.79 Å². The number of fused-ring (bicyclic) bond motifs is 1. The number of carbonyl (C=O) groups excluding carboxylic acids is 3. The Labute approximate surface area is 245 Å². The van der Waals surface area contributed by atoms with E-state index >= 15 is 0 Å². The standard InChI is InChI=1S/C31H41N5O6/c1-5-18(4)26(32)30(40)35-25(15-20-16-33-23-9-7-6-8-22(20)23)28(38)34-24(14-19-10-12-21(37)13-11-19)29(39)36-27(17(2)3)31(41)42/h6-13,16-18,24-27,33,37H,5,14-15,32H2,1-4H3,(H,34,38)(H,35,40)(H,36,39)(H,41,42). The first-order valence-electron chi connectivity index (χ1n) is 14.1. The maximum absolute atomic E-state index is 13.8. The number of benzene rings is 2. The molecule has 3 rings (SSSR count). The summed E-state index contributed by atoms with van der Waals surface area (Å²) in [5, 5.41) is 28.2. The minimum atomic E-state index is -1.20. The van der Waals surface area contributed by atoms with Crippen molar-refractivity contribution < 1.29 is 29.4 Å². The largest absolute Gasteiger partial charge is 0.508 e. The molecule has 0 aliphatic rings. The topological polar surface area (TPSA) is 187 Å². The van der Waals surface area contributed by atoms with Gasteiger partial charge in [-0.1, -0.05) is 64.4 Å². The van der Waals surface area contributed by atoms with Crippen LogP contribution >= 0.6 is 0 Å². The summed E-state index contributed by atoms with van der Waals surface area (Å²) in [6.07, 6.45) is 2.57. The molecule has 11 heteroatoms. The summed E-state index contributed by atoms with van der Waals surface area (Å²) >= 11 is 0. The van der Waals surface area contributed by atoms with Crippen molar-refractivity contribution in [2.75, 3.05) is 0 Å². The van der Waals surface area contributed by atoms with E-state index in [-0.39, 0.29) is 24.5 Å². The van der Waals surface area contributed by atoms with Gasteiger partial charge < -0.3 is 36.9 Å². The molecule has 5 atom stereocenters. The number of aromatic amines is 1. The molecule has 3 aromatic rings. The first-order valence-corrected chi connectivity index (χ1v) is 14.1. The Hall–Kier alpha value is -4.38. The third-order valence-corrected chi connectivity index (χ3v) is 7.53. The second-order valence-corrected chi connectivity index (χ2v) is 11.0. The van der Waals surface area contributed by atoms with Crippen LogP contribution < -0.4 is 21.7 Å². The lowest BCUT2D eigenvalue weighted by Gasteiger charge is -2.27. The van der Waals surface area contributed by atoms with Crippen molar-refractivity contribution in [1.82, 2.24) is 20.9 Å². The highest BCUT2D eigenvalue weighted by Crippen LogP contribution is 2.20. The van der Waals surface area contributed by atoms with Crippen LogP contribution in [0.15, 0.2) is 54.7 Å². The van der Waals surface area contributed by atoms with Crippen LogP contribution in [-0.4, -0.2) is 63.1 Å². The summed E-state index contributed by atoms with van der Waals surface area (Å²) < 4.78 is 0. The molecule has 0 saturated heterocycles. The molecule has 0 saturated carbocycles. The second-order valence-electron chi connectivity index (χ2n) is 11.0. The number of hydrogen-bond acceptors (Lipinski definition) is 6.